The Bertz CT molecular complexity index is 417. The first-order valence-electron chi connectivity index (χ1n) is 6.53. The zero-order valence-corrected chi connectivity index (χ0v) is 11.3. The van der Waals surface area contributed by atoms with E-state index in [0.29, 0.717) is 12.6 Å². The SMILES string of the molecule is C=CCNc1cc(NCC2COCCN2)nc(C)n1. The molecule has 1 atom stereocenters. The molecule has 1 fully saturated rings. The highest BCUT2D eigenvalue weighted by Crippen LogP contribution is 2.11. The maximum Gasteiger partial charge on any atom is 0.132 e. The second kappa shape index (κ2) is 7.06. The van der Waals surface area contributed by atoms with E-state index in [1.807, 2.05) is 13.0 Å². The number of aromatic nitrogens is 2. The minimum absolute atomic E-state index is 0.327. The molecule has 0 aliphatic carbocycles. The van der Waals surface area contributed by atoms with Gasteiger partial charge in [-0.1, -0.05) is 6.08 Å². The Morgan fingerprint density at radius 3 is 2.95 bits per heavy atom. The zero-order valence-electron chi connectivity index (χ0n) is 11.3. The Morgan fingerprint density at radius 2 is 2.26 bits per heavy atom. The van der Waals surface area contributed by atoms with Gasteiger partial charge in [0.25, 0.3) is 0 Å². The highest BCUT2D eigenvalue weighted by atomic mass is 16.5. The topological polar surface area (TPSA) is 71.1 Å². The third kappa shape index (κ3) is 4.50. The van der Waals surface area contributed by atoms with E-state index >= 15 is 0 Å². The summed E-state index contributed by atoms with van der Waals surface area (Å²) in [5.41, 5.74) is 0. The molecular weight excluding hydrogens is 242 g/mol. The predicted octanol–water partition coefficient (Wildman–Crippen LogP) is 0.783. The first-order chi connectivity index (χ1) is 9.28. The van der Waals surface area contributed by atoms with E-state index in [1.54, 1.807) is 6.08 Å². The number of nitrogens with one attached hydrogen (secondary N) is 3. The van der Waals surface area contributed by atoms with Crippen molar-refractivity contribution in [2.24, 2.45) is 0 Å². The molecule has 19 heavy (non-hydrogen) atoms. The van der Waals surface area contributed by atoms with Gasteiger partial charge in [-0.05, 0) is 6.92 Å². The number of aryl methyl sites for hydroxylation is 1. The number of hydrogen-bond acceptors (Lipinski definition) is 6. The Balaban J connectivity index is 1.91. The average Bonchev–Trinajstić information content (AvgIpc) is 2.43. The van der Waals surface area contributed by atoms with Gasteiger partial charge in [0.15, 0.2) is 0 Å². The molecule has 0 saturated carbocycles. The van der Waals surface area contributed by atoms with Gasteiger partial charge in [0, 0.05) is 31.7 Å². The van der Waals surface area contributed by atoms with Crippen LogP contribution in [0.2, 0.25) is 0 Å². The molecule has 1 aliphatic rings. The van der Waals surface area contributed by atoms with Crippen LogP contribution in [-0.4, -0.2) is 48.9 Å². The van der Waals surface area contributed by atoms with E-state index in [2.05, 4.69) is 32.5 Å². The third-order valence-corrected chi connectivity index (χ3v) is 2.79. The van der Waals surface area contributed by atoms with E-state index in [1.165, 1.54) is 0 Å². The van der Waals surface area contributed by atoms with Crippen LogP contribution in [0.4, 0.5) is 11.6 Å². The smallest absolute Gasteiger partial charge is 0.132 e. The maximum atomic E-state index is 5.41. The van der Waals surface area contributed by atoms with Crippen molar-refractivity contribution in [1.29, 1.82) is 0 Å². The standard InChI is InChI=1S/C13H21N5O/c1-3-4-15-12-7-13(18-10(2)17-12)16-8-11-9-19-6-5-14-11/h3,7,11,14H,1,4-6,8-9H2,2H3,(H2,15,16,17,18). The monoisotopic (exact) mass is 263 g/mol. The number of anilines is 2. The molecule has 1 saturated heterocycles. The van der Waals surface area contributed by atoms with E-state index in [9.17, 15) is 0 Å². The quantitative estimate of drug-likeness (QED) is 0.659. The lowest BCUT2D eigenvalue weighted by Crippen LogP contribution is -2.45. The Morgan fingerprint density at radius 1 is 1.47 bits per heavy atom. The molecule has 0 aromatic carbocycles. The van der Waals surface area contributed by atoms with Gasteiger partial charge in [0.2, 0.25) is 0 Å². The number of morpholine rings is 1. The highest BCUT2D eigenvalue weighted by molar-refractivity contribution is 5.47. The van der Waals surface area contributed by atoms with Gasteiger partial charge in [-0.3, -0.25) is 0 Å². The molecule has 2 rings (SSSR count). The van der Waals surface area contributed by atoms with Crippen LogP contribution < -0.4 is 16.0 Å². The minimum atomic E-state index is 0.327. The van der Waals surface area contributed by atoms with Crippen molar-refractivity contribution in [3.8, 4) is 0 Å². The Hall–Kier alpha value is -1.66. The van der Waals surface area contributed by atoms with Gasteiger partial charge >= 0.3 is 0 Å². The minimum Gasteiger partial charge on any atom is -0.378 e. The van der Waals surface area contributed by atoms with Crippen molar-refractivity contribution in [2.75, 3.05) is 43.5 Å². The average molecular weight is 263 g/mol. The van der Waals surface area contributed by atoms with Gasteiger partial charge in [-0.15, -0.1) is 6.58 Å². The first-order valence-corrected chi connectivity index (χ1v) is 6.53. The summed E-state index contributed by atoms with van der Waals surface area (Å²) in [4.78, 5) is 8.69. The van der Waals surface area contributed by atoms with Crippen LogP contribution in [0.25, 0.3) is 0 Å². The lowest BCUT2D eigenvalue weighted by Gasteiger charge is -2.24. The van der Waals surface area contributed by atoms with Crippen LogP contribution in [0.15, 0.2) is 18.7 Å². The molecule has 0 spiro atoms. The molecular formula is C13H21N5O. The number of hydrogen-bond donors (Lipinski definition) is 3. The fourth-order valence-electron chi connectivity index (χ4n) is 1.90. The second-order valence-corrected chi connectivity index (χ2v) is 4.46. The molecule has 0 amide bonds. The van der Waals surface area contributed by atoms with Crippen molar-refractivity contribution in [2.45, 2.75) is 13.0 Å². The summed E-state index contributed by atoms with van der Waals surface area (Å²) in [6.45, 7) is 9.46. The lowest BCUT2D eigenvalue weighted by atomic mass is 10.3. The van der Waals surface area contributed by atoms with Crippen LogP contribution in [-0.2, 0) is 4.74 Å². The Labute approximate surface area is 113 Å². The van der Waals surface area contributed by atoms with Gasteiger partial charge in [-0.2, -0.15) is 0 Å². The molecule has 1 unspecified atom stereocenters. The van der Waals surface area contributed by atoms with Crippen molar-refractivity contribution in [1.82, 2.24) is 15.3 Å². The molecule has 2 heterocycles. The molecule has 6 heteroatoms. The number of ether oxygens (including phenoxy) is 1. The first kappa shape index (κ1) is 13.8. The van der Waals surface area contributed by atoms with Crippen molar-refractivity contribution in [3.05, 3.63) is 24.5 Å². The van der Waals surface area contributed by atoms with Gasteiger partial charge in [0.1, 0.15) is 17.5 Å². The molecule has 1 aromatic rings. The highest BCUT2D eigenvalue weighted by Gasteiger charge is 2.12. The van der Waals surface area contributed by atoms with Gasteiger partial charge in [0.05, 0.1) is 13.2 Å². The van der Waals surface area contributed by atoms with E-state index < -0.39 is 0 Å². The summed E-state index contributed by atoms with van der Waals surface area (Å²) in [5.74, 6) is 2.37. The molecule has 0 radical (unpaired) electrons. The largest absolute Gasteiger partial charge is 0.378 e. The van der Waals surface area contributed by atoms with Crippen LogP contribution in [0.3, 0.4) is 0 Å². The van der Waals surface area contributed by atoms with Crippen molar-refractivity contribution >= 4 is 11.6 Å². The van der Waals surface area contributed by atoms with Crippen LogP contribution >= 0.6 is 0 Å². The molecule has 1 aliphatic heterocycles. The normalized spacial score (nSPS) is 18.9. The van der Waals surface area contributed by atoms with Crippen LogP contribution in [0, 0.1) is 6.92 Å². The van der Waals surface area contributed by atoms with E-state index in [4.69, 9.17) is 4.74 Å². The summed E-state index contributed by atoms with van der Waals surface area (Å²) in [7, 11) is 0. The van der Waals surface area contributed by atoms with Gasteiger partial charge in [-0.25, -0.2) is 9.97 Å². The lowest BCUT2D eigenvalue weighted by molar-refractivity contribution is 0.0806. The molecule has 3 N–H and O–H groups in total. The fraction of sp³-hybridized carbons (Fsp3) is 0.538. The second-order valence-electron chi connectivity index (χ2n) is 4.46. The van der Waals surface area contributed by atoms with E-state index in [0.717, 1.165) is 43.8 Å². The van der Waals surface area contributed by atoms with E-state index in [-0.39, 0.29) is 0 Å². The summed E-state index contributed by atoms with van der Waals surface area (Å²) in [5, 5.41) is 9.87. The third-order valence-electron chi connectivity index (χ3n) is 2.79. The van der Waals surface area contributed by atoms with Crippen molar-refractivity contribution in [3.63, 3.8) is 0 Å². The predicted molar refractivity (Wildman–Crippen MR) is 76.6 cm³/mol. The number of nitrogens with zero attached hydrogens (tertiary/aromatic N) is 2. The van der Waals surface area contributed by atoms with Crippen LogP contribution in [0.1, 0.15) is 5.82 Å². The summed E-state index contributed by atoms with van der Waals surface area (Å²) >= 11 is 0. The summed E-state index contributed by atoms with van der Waals surface area (Å²) < 4.78 is 5.41. The zero-order chi connectivity index (χ0) is 13.5. The Kier molecular flexibility index (Phi) is 5.11. The maximum absolute atomic E-state index is 5.41. The molecule has 1 aromatic heterocycles. The molecule has 6 nitrogen and oxygen atoms in total. The fourth-order valence-corrected chi connectivity index (χ4v) is 1.90. The summed E-state index contributed by atoms with van der Waals surface area (Å²) in [6, 6.07) is 2.23. The molecule has 0 bridgehead atoms. The summed E-state index contributed by atoms with van der Waals surface area (Å²) in [6.07, 6.45) is 1.80. The van der Waals surface area contributed by atoms with Crippen LogP contribution in [0.5, 0.6) is 0 Å². The van der Waals surface area contributed by atoms with Gasteiger partial charge < -0.3 is 20.7 Å². The van der Waals surface area contributed by atoms with Crippen molar-refractivity contribution < 1.29 is 4.74 Å². The number of rotatable bonds is 6. The molecule has 104 valence electrons.